The van der Waals surface area contributed by atoms with E-state index in [1.807, 2.05) is 40.7 Å². The third kappa shape index (κ3) is 7.39. The van der Waals surface area contributed by atoms with Crippen LogP contribution >= 0.6 is 0 Å². The van der Waals surface area contributed by atoms with Gasteiger partial charge in [-0.05, 0) is 76.3 Å². The SMILES string of the molecule is C/C=C(/NC(CC(C)C)C(=O)OC1CCCC1)[C@@H](C)N(CC)C(=O)c1cc(C(C)C)c(O)cc1O. The van der Waals surface area contributed by atoms with Crippen molar-refractivity contribution in [2.75, 3.05) is 6.54 Å². The van der Waals surface area contributed by atoms with E-state index in [1.165, 1.54) is 6.07 Å². The number of hydrogen-bond donors (Lipinski definition) is 3. The number of esters is 1. The van der Waals surface area contributed by atoms with Crippen LogP contribution < -0.4 is 5.32 Å². The Kier molecular flexibility index (Phi) is 10.5. The molecule has 7 nitrogen and oxygen atoms in total. The predicted octanol–water partition coefficient (Wildman–Crippen LogP) is 5.47. The van der Waals surface area contributed by atoms with Gasteiger partial charge in [0.25, 0.3) is 5.91 Å². The highest BCUT2D eigenvalue weighted by Gasteiger charge is 2.30. The normalized spacial score (nSPS) is 16.4. The van der Waals surface area contributed by atoms with Crippen LogP contribution in [-0.2, 0) is 9.53 Å². The molecule has 1 aromatic carbocycles. The highest BCUT2D eigenvalue weighted by molar-refractivity contribution is 5.97. The highest BCUT2D eigenvalue weighted by atomic mass is 16.5. The molecule has 0 radical (unpaired) electrons. The van der Waals surface area contributed by atoms with Crippen LogP contribution in [0.5, 0.6) is 11.5 Å². The number of hydrogen-bond acceptors (Lipinski definition) is 6. The Morgan fingerprint density at radius 2 is 1.74 bits per heavy atom. The summed E-state index contributed by atoms with van der Waals surface area (Å²) in [4.78, 5) is 28.2. The Labute approximate surface area is 210 Å². The summed E-state index contributed by atoms with van der Waals surface area (Å²) in [6.07, 6.45) is 6.51. The molecule has 1 fully saturated rings. The summed E-state index contributed by atoms with van der Waals surface area (Å²) >= 11 is 0. The molecule has 0 aromatic heterocycles. The molecule has 2 rings (SSSR count). The monoisotopic (exact) mass is 488 g/mol. The first-order valence-corrected chi connectivity index (χ1v) is 13.0. The molecule has 1 amide bonds. The van der Waals surface area contributed by atoms with Gasteiger partial charge in [0.05, 0.1) is 11.6 Å². The smallest absolute Gasteiger partial charge is 0.328 e. The maximum atomic E-state index is 13.5. The van der Waals surface area contributed by atoms with Crippen molar-refractivity contribution in [1.29, 1.82) is 0 Å². The van der Waals surface area contributed by atoms with Gasteiger partial charge in [0.2, 0.25) is 0 Å². The number of phenolic OH excluding ortho intramolecular Hbond substituents is 2. The third-order valence-corrected chi connectivity index (χ3v) is 6.75. The van der Waals surface area contributed by atoms with Crippen molar-refractivity contribution in [2.45, 2.75) is 105 Å². The van der Waals surface area contributed by atoms with Crippen LogP contribution in [0.3, 0.4) is 0 Å². The van der Waals surface area contributed by atoms with Crippen LogP contribution in [0.25, 0.3) is 0 Å². The molecule has 196 valence electrons. The lowest BCUT2D eigenvalue weighted by Crippen LogP contribution is -2.47. The second-order valence-corrected chi connectivity index (χ2v) is 10.3. The zero-order valence-corrected chi connectivity index (χ0v) is 22.4. The summed E-state index contributed by atoms with van der Waals surface area (Å²) in [7, 11) is 0. The fraction of sp³-hybridized carbons (Fsp3) is 0.643. The molecule has 1 aliphatic carbocycles. The number of ether oxygens (including phenoxy) is 1. The van der Waals surface area contributed by atoms with E-state index in [0.29, 0.717) is 18.5 Å². The summed E-state index contributed by atoms with van der Waals surface area (Å²) in [6.45, 7) is 14.0. The van der Waals surface area contributed by atoms with Gasteiger partial charge in [-0.1, -0.05) is 33.8 Å². The number of allylic oxidation sites excluding steroid dienone is 1. The van der Waals surface area contributed by atoms with E-state index in [1.54, 1.807) is 11.0 Å². The Bertz CT molecular complexity index is 903. The molecule has 0 heterocycles. The lowest BCUT2D eigenvalue weighted by Gasteiger charge is -2.33. The first-order chi connectivity index (χ1) is 16.5. The zero-order chi connectivity index (χ0) is 26.3. The molecule has 0 saturated heterocycles. The second-order valence-electron chi connectivity index (χ2n) is 10.3. The van der Waals surface area contributed by atoms with Gasteiger partial charge >= 0.3 is 5.97 Å². The van der Waals surface area contributed by atoms with Gasteiger partial charge in [-0.3, -0.25) is 4.79 Å². The van der Waals surface area contributed by atoms with Crippen molar-refractivity contribution >= 4 is 11.9 Å². The number of carbonyl (C=O) groups excluding carboxylic acids is 2. The Hall–Kier alpha value is -2.70. The van der Waals surface area contributed by atoms with Crippen LogP contribution in [0.1, 0.15) is 102 Å². The van der Waals surface area contributed by atoms with Crippen LogP contribution in [0, 0.1) is 5.92 Å². The molecular weight excluding hydrogens is 444 g/mol. The molecule has 2 atom stereocenters. The van der Waals surface area contributed by atoms with Gasteiger partial charge in [0.15, 0.2) is 0 Å². The summed E-state index contributed by atoms with van der Waals surface area (Å²) in [6, 6.07) is 1.92. The number of aromatic hydroxyl groups is 2. The van der Waals surface area contributed by atoms with Crippen molar-refractivity contribution in [3.63, 3.8) is 0 Å². The van der Waals surface area contributed by atoms with Gasteiger partial charge in [-0.25, -0.2) is 4.79 Å². The van der Waals surface area contributed by atoms with E-state index in [9.17, 15) is 19.8 Å². The second kappa shape index (κ2) is 12.8. The van der Waals surface area contributed by atoms with Crippen molar-refractivity contribution in [3.05, 3.63) is 35.0 Å². The minimum Gasteiger partial charge on any atom is -0.508 e. The Morgan fingerprint density at radius 3 is 2.26 bits per heavy atom. The maximum Gasteiger partial charge on any atom is 0.328 e. The largest absolute Gasteiger partial charge is 0.508 e. The minimum atomic E-state index is -0.507. The van der Waals surface area contributed by atoms with Gasteiger partial charge in [0.1, 0.15) is 23.6 Å². The van der Waals surface area contributed by atoms with Crippen LogP contribution in [0.4, 0.5) is 0 Å². The van der Waals surface area contributed by atoms with E-state index in [4.69, 9.17) is 4.74 Å². The average Bonchev–Trinajstić information content (AvgIpc) is 3.29. The molecule has 1 saturated carbocycles. The van der Waals surface area contributed by atoms with E-state index in [0.717, 1.165) is 31.4 Å². The molecule has 0 bridgehead atoms. The van der Waals surface area contributed by atoms with Crippen molar-refractivity contribution in [3.8, 4) is 11.5 Å². The lowest BCUT2D eigenvalue weighted by molar-refractivity contribution is -0.151. The summed E-state index contributed by atoms with van der Waals surface area (Å²) in [5, 5.41) is 24.0. The summed E-state index contributed by atoms with van der Waals surface area (Å²) in [5.41, 5.74) is 1.50. The average molecular weight is 489 g/mol. The fourth-order valence-electron chi connectivity index (χ4n) is 4.73. The standard InChI is InChI=1S/C28H44N2O5/c1-8-23(29-24(14-17(3)4)28(34)35-20-12-10-11-13-20)19(7)30(9-2)27(33)22-15-21(18(5)6)25(31)16-26(22)32/h8,15-20,24,29,31-32H,9-14H2,1-7H3/b23-8+/t19-,24?/m1/s1. The number of rotatable bonds is 11. The summed E-state index contributed by atoms with van der Waals surface area (Å²) in [5.74, 6) is -0.596. The first-order valence-electron chi connectivity index (χ1n) is 13.0. The number of nitrogens with zero attached hydrogens (tertiary/aromatic N) is 1. The van der Waals surface area contributed by atoms with E-state index < -0.39 is 6.04 Å². The lowest BCUT2D eigenvalue weighted by atomic mass is 9.98. The summed E-state index contributed by atoms with van der Waals surface area (Å²) < 4.78 is 5.80. The molecule has 0 spiro atoms. The van der Waals surface area contributed by atoms with Crippen molar-refractivity contribution < 1.29 is 24.5 Å². The van der Waals surface area contributed by atoms with Crippen LogP contribution in [0.15, 0.2) is 23.9 Å². The molecule has 0 aliphatic heterocycles. The fourth-order valence-corrected chi connectivity index (χ4v) is 4.73. The molecule has 35 heavy (non-hydrogen) atoms. The highest BCUT2D eigenvalue weighted by Crippen LogP contribution is 2.33. The number of carbonyl (C=O) groups is 2. The third-order valence-electron chi connectivity index (χ3n) is 6.75. The number of phenols is 2. The van der Waals surface area contributed by atoms with Crippen LogP contribution in [-0.4, -0.2) is 51.7 Å². The minimum absolute atomic E-state index is 0.00761. The number of benzene rings is 1. The van der Waals surface area contributed by atoms with Gasteiger partial charge < -0.3 is 25.2 Å². The molecule has 1 unspecified atom stereocenters. The van der Waals surface area contributed by atoms with Crippen molar-refractivity contribution in [1.82, 2.24) is 10.2 Å². The van der Waals surface area contributed by atoms with Gasteiger partial charge in [0, 0.05) is 18.3 Å². The van der Waals surface area contributed by atoms with Gasteiger partial charge in [-0.2, -0.15) is 0 Å². The Balaban J connectivity index is 2.26. The molecule has 1 aromatic rings. The maximum absolute atomic E-state index is 13.5. The van der Waals surface area contributed by atoms with Crippen LogP contribution in [0.2, 0.25) is 0 Å². The first kappa shape index (κ1) is 28.5. The zero-order valence-electron chi connectivity index (χ0n) is 22.4. The number of nitrogens with one attached hydrogen (secondary N) is 1. The number of amides is 1. The molecule has 7 heteroatoms. The van der Waals surface area contributed by atoms with E-state index in [-0.39, 0.29) is 52.9 Å². The predicted molar refractivity (Wildman–Crippen MR) is 139 cm³/mol. The van der Waals surface area contributed by atoms with E-state index in [2.05, 4.69) is 19.2 Å². The Morgan fingerprint density at radius 1 is 1.11 bits per heavy atom. The van der Waals surface area contributed by atoms with Gasteiger partial charge in [-0.15, -0.1) is 0 Å². The van der Waals surface area contributed by atoms with E-state index >= 15 is 0 Å². The molecular formula is C28H44N2O5. The quantitative estimate of drug-likeness (QED) is 0.358. The molecule has 1 aliphatic rings. The van der Waals surface area contributed by atoms with Crippen molar-refractivity contribution in [2.24, 2.45) is 5.92 Å². The topological polar surface area (TPSA) is 99.1 Å². The number of likely N-dealkylation sites (N-methyl/N-ethyl adjacent to an activating group) is 1. The molecule has 3 N–H and O–H groups in total.